The van der Waals surface area contributed by atoms with Crippen LogP contribution in [0, 0.1) is 5.82 Å². The highest BCUT2D eigenvalue weighted by Gasteiger charge is 2.21. The van der Waals surface area contributed by atoms with Crippen molar-refractivity contribution >= 4 is 23.3 Å². The zero-order chi connectivity index (χ0) is 15.0. The number of carboxylic acid groups (broad SMARTS) is 1. The molecule has 0 aliphatic carbocycles. The number of hydrogen-bond acceptors (Lipinski definition) is 2. The van der Waals surface area contributed by atoms with Crippen LogP contribution in [0.15, 0.2) is 36.4 Å². The molecule has 108 valence electrons. The summed E-state index contributed by atoms with van der Waals surface area (Å²) in [7, 11) is 0. The molecule has 0 fully saturated rings. The zero-order valence-corrected chi connectivity index (χ0v) is 11.9. The lowest BCUT2D eigenvalue weighted by molar-refractivity contribution is 0.0697. The molecule has 0 saturated heterocycles. The molecule has 1 N–H and O–H groups in total. The minimum atomic E-state index is -0.940. The largest absolute Gasteiger partial charge is 0.478 e. The summed E-state index contributed by atoms with van der Waals surface area (Å²) < 4.78 is 13.1. The van der Waals surface area contributed by atoms with Crippen LogP contribution in [-0.4, -0.2) is 17.6 Å². The van der Waals surface area contributed by atoms with Gasteiger partial charge in [0.05, 0.1) is 5.56 Å². The molecule has 0 aromatic heterocycles. The van der Waals surface area contributed by atoms with Gasteiger partial charge in [0.2, 0.25) is 0 Å². The molecule has 0 bridgehead atoms. The van der Waals surface area contributed by atoms with Crippen molar-refractivity contribution in [3.05, 3.63) is 63.9 Å². The highest BCUT2D eigenvalue weighted by molar-refractivity contribution is 6.31. The van der Waals surface area contributed by atoms with E-state index in [0.29, 0.717) is 11.6 Å². The first-order valence-corrected chi connectivity index (χ1v) is 6.97. The van der Waals surface area contributed by atoms with E-state index in [0.717, 1.165) is 29.8 Å². The summed E-state index contributed by atoms with van der Waals surface area (Å²) in [4.78, 5) is 13.1. The normalized spacial score (nSPS) is 13.3. The first-order valence-electron chi connectivity index (χ1n) is 6.59. The molecule has 0 unspecified atom stereocenters. The Balaban J connectivity index is 1.90. The summed E-state index contributed by atoms with van der Waals surface area (Å²) in [5, 5.41) is 9.47. The van der Waals surface area contributed by atoms with Gasteiger partial charge in [-0.3, -0.25) is 0 Å². The van der Waals surface area contributed by atoms with E-state index in [-0.39, 0.29) is 11.4 Å². The van der Waals surface area contributed by atoms with Crippen LogP contribution in [0.4, 0.5) is 10.1 Å². The van der Waals surface area contributed by atoms with Gasteiger partial charge in [-0.25, -0.2) is 9.18 Å². The van der Waals surface area contributed by atoms with Crippen LogP contribution in [0.25, 0.3) is 0 Å². The van der Waals surface area contributed by atoms with Crippen molar-refractivity contribution in [2.45, 2.75) is 13.0 Å². The molecule has 2 aromatic carbocycles. The molecule has 3 rings (SSSR count). The van der Waals surface area contributed by atoms with Crippen LogP contribution in [0.5, 0.6) is 0 Å². The standard InChI is InChI=1S/C16H13ClFNO2/c17-14-8-13(18)4-3-12(14)9-19-6-5-10-1-2-11(16(20)21)7-15(10)19/h1-4,7-8H,5-6,9H2,(H,20,21). The monoisotopic (exact) mass is 305 g/mol. The molecule has 5 heteroatoms. The van der Waals surface area contributed by atoms with Crippen LogP contribution >= 0.6 is 11.6 Å². The van der Waals surface area contributed by atoms with Crippen LogP contribution in [-0.2, 0) is 13.0 Å². The van der Waals surface area contributed by atoms with E-state index in [9.17, 15) is 9.18 Å². The van der Waals surface area contributed by atoms with Gasteiger partial charge in [0, 0.05) is 23.8 Å². The van der Waals surface area contributed by atoms with Crippen molar-refractivity contribution in [3.63, 3.8) is 0 Å². The minimum absolute atomic E-state index is 0.269. The molecule has 1 aliphatic heterocycles. The lowest BCUT2D eigenvalue weighted by atomic mass is 10.1. The van der Waals surface area contributed by atoms with Gasteiger partial charge in [0.25, 0.3) is 0 Å². The quantitative estimate of drug-likeness (QED) is 0.939. The van der Waals surface area contributed by atoms with Crippen LogP contribution in [0.2, 0.25) is 5.02 Å². The fraction of sp³-hybridized carbons (Fsp3) is 0.188. The molecule has 1 aliphatic rings. The maximum atomic E-state index is 13.1. The molecule has 0 spiro atoms. The van der Waals surface area contributed by atoms with Crippen molar-refractivity contribution < 1.29 is 14.3 Å². The molecule has 0 atom stereocenters. The fourth-order valence-corrected chi connectivity index (χ4v) is 2.83. The van der Waals surface area contributed by atoms with Crippen molar-refractivity contribution in [3.8, 4) is 0 Å². The van der Waals surface area contributed by atoms with E-state index in [1.165, 1.54) is 12.1 Å². The highest BCUT2D eigenvalue weighted by Crippen LogP contribution is 2.31. The highest BCUT2D eigenvalue weighted by atomic mass is 35.5. The number of nitrogens with zero attached hydrogens (tertiary/aromatic N) is 1. The minimum Gasteiger partial charge on any atom is -0.478 e. The smallest absolute Gasteiger partial charge is 0.335 e. The van der Waals surface area contributed by atoms with Gasteiger partial charge in [-0.2, -0.15) is 0 Å². The maximum Gasteiger partial charge on any atom is 0.335 e. The number of carbonyl (C=O) groups is 1. The second-order valence-corrected chi connectivity index (χ2v) is 5.46. The molecule has 0 saturated carbocycles. The number of fused-ring (bicyclic) bond motifs is 1. The summed E-state index contributed by atoms with van der Waals surface area (Å²) in [6, 6.07) is 9.49. The lowest BCUT2D eigenvalue weighted by Crippen LogP contribution is -2.20. The second-order valence-electron chi connectivity index (χ2n) is 5.06. The Labute approximate surface area is 126 Å². The number of anilines is 1. The Morgan fingerprint density at radius 3 is 2.81 bits per heavy atom. The van der Waals surface area contributed by atoms with Crippen molar-refractivity contribution in [1.29, 1.82) is 0 Å². The van der Waals surface area contributed by atoms with Crippen LogP contribution < -0.4 is 4.90 Å². The number of carboxylic acids is 1. The molecule has 0 amide bonds. The second kappa shape index (κ2) is 5.37. The number of benzene rings is 2. The van der Waals surface area contributed by atoms with Gasteiger partial charge in [0.15, 0.2) is 0 Å². The van der Waals surface area contributed by atoms with E-state index >= 15 is 0 Å². The SMILES string of the molecule is O=C(O)c1ccc2c(c1)N(Cc1ccc(F)cc1Cl)CC2. The van der Waals surface area contributed by atoms with Crippen molar-refractivity contribution in [1.82, 2.24) is 0 Å². The van der Waals surface area contributed by atoms with Gasteiger partial charge in [-0.1, -0.05) is 23.7 Å². The summed E-state index contributed by atoms with van der Waals surface area (Å²) >= 11 is 6.06. The topological polar surface area (TPSA) is 40.5 Å². The van der Waals surface area contributed by atoms with E-state index < -0.39 is 5.97 Å². The van der Waals surface area contributed by atoms with Gasteiger partial charge in [-0.15, -0.1) is 0 Å². The Hall–Kier alpha value is -2.07. The summed E-state index contributed by atoms with van der Waals surface area (Å²) in [5.74, 6) is -1.30. The summed E-state index contributed by atoms with van der Waals surface area (Å²) in [6.45, 7) is 1.33. The third kappa shape index (κ3) is 2.72. The fourth-order valence-electron chi connectivity index (χ4n) is 2.60. The molecule has 3 nitrogen and oxygen atoms in total. The predicted octanol–water partition coefficient (Wildman–Crippen LogP) is 3.74. The molecule has 0 radical (unpaired) electrons. The molecule has 2 aromatic rings. The van der Waals surface area contributed by atoms with Crippen LogP contribution in [0.3, 0.4) is 0 Å². The third-order valence-corrected chi connectivity index (χ3v) is 4.05. The third-order valence-electron chi connectivity index (χ3n) is 3.70. The van der Waals surface area contributed by atoms with Gasteiger partial charge >= 0.3 is 5.97 Å². The molecular formula is C16H13ClFNO2. The number of hydrogen-bond donors (Lipinski definition) is 1. The predicted molar refractivity (Wildman–Crippen MR) is 79.6 cm³/mol. The van der Waals surface area contributed by atoms with Gasteiger partial charge in [-0.05, 0) is 41.8 Å². The van der Waals surface area contributed by atoms with Crippen molar-refractivity contribution in [2.24, 2.45) is 0 Å². The molecule has 21 heavy (non-hydrogen) atoms. The zero-order valence-electron chi connectivity index (χ0n) is 11.1. The molecular weight excluding hydrogens is 293 g/mol. The lowest BCUT2D eigenvalue weighted by Gasteiger charge is -2.20. The van der Waals surface area contributed by atoms with Gasteiger partial charge < -0.3 is 10.0 Å². The van der Waals surface area contributed by atoms with Gasteiger partial charge in [0.1, 0.15) is 5.82 Å². The van der Waals surface area contributed by atoms with E-state index in [1.54, 1.807) is 18.2 Å². The maximum absolute atomic E-state index is 13.1. The van der Waals surface area contributed by atoms with Crippen LogP contribution in [0.1, 0.15) is 21.5 Å². The molecule has 1 heterocycles. The van der Waals surface area contributed by atoms with E-state index in [1.807, 2.05) is 6.07 Å². The summed E-state index contributed by atoms with van der Waals surface area (Å²) in [6.07, 6.45) is 0.869. The Kier molecular flexibility index (Phi) is 3.55. The number of halogens is 2. The Bertz CT molecular complexity index is 717. The van der Waals surface area contributed by atoms with E-state index in [2.05, 4.69) is 4.90 Å². The Morgan fingerprint density at radius 1 is 1.29 bits per heavy atom. The first kappa shape index (κ1) is 13.9. The Morgan fingerprint density at radius 2 is 2.10 bits per heavy atom. The average molecular weight is 306 g/mol. The average Bonchev–Trinajstić information content (AvgIpc) is 2.84. The summed E-state index contributed by atoms with van der Waals surface area (Å²) in [5.41, 5.74) is 3.13. The number of rotatable bonds is 3. The number of aromatic carboxylic acids is 1. The van der Waals surface area contributed by atoms with E-state index in [4.69, 9.17) is 16.7 Å². The first-order chi connectivity index (χ1) is 10.0. The van der Waals surface area contributed by atoms with Crippen molar-refractivity contribution in [2.75, 3.05) is 11.4 Å².